The molecule has 1 aliphatic heterocycles. The average Bonchev–Trinajstić information content (AvgIpc) is 2.74. The van der Waals surface area contributed by atoms with Crippen LogP contribution in [0.1, 0.15) is 0 Å². The Morgan fingerprint density at radius 2 is 1.71 bits per heavy atom. The summed E-state index contributed by atoms with van der Waals surface area (Å²) in [6.07, 6.45) is 0. The molecule has 1 aliphatic rings. The third-order valence-electron chi connectivity index (χ3n) is 4.87. The van der Waals surface area contributed by atoms with Gasteiger partial charge in [0.05, 0.1) is 12.8 Å². The van der Waals surface area contributed by atoms with E-state index in [1.807, 2.05) is 30.3 Å². The van der Waals surface area contributed by atoms with Crippen molar-refractivity contribution < 1.29 is 4.74 Å². The van der Waals surface area contributed by atoms with Crippen LogP contribution in [0.3, 0.4) is 0 Å². The summed E-state index contributed by atoms with van der Waals surface area (Å²) in [6.45, 7) is 3.21. The number of aromatic nitrogens is 2. The molecule has 7 heteroatoms. The third-order valence-corrected chi connectivity index (χ3v) is 5.12. The number of benzene rings is 2. The molecule has 2 heterocycles. The molecule has 1 aromatic heterocycles. The number of aromatic amines is 1. The highest BCUT2D eigenvalue weighted by Gasteiger charge is 2.20. The molecule has 2 aromatic carbocycles. The number of rotatable bonds is 4. The van der Waals surface area contributed by atoms with Crippen LogP contribution in [0.2, 0.25) is 5.02 Å². The topological polar surface area (TPSA) is 61.5 Å². The Labute approximate surface area is 168 Å². The smallest absolute Gasteiger partial charge is 0.252 e. The Morgan fingerprint density at radius 3 is 2.43 bits per heavy atom. The molecule has 0 spiro atoms. The van der Waals surface area contributed by atoms with E-state index in [0.29, 0.717) is 16.7 Å². The van der Waals surface area contributed by atoms with Crippen molar-refractivity contribution in [2.75, 3.05) is 43.1 Å². The summed E-state index contributed by atoms with van der Waals surface area (Å²) in [5.41, 5.74) is 2.48. The van der Waals surface area contributed by atoms with Crippen LogP contribution in [0.5, 0.6) is 5.75 Å². The molecule has 0 bridgehead atoms. The normalized spacial score (nSPS) is 14.2. The van der Waals surface area contributed by atoms with E-state index in [1.165, 1.54) is 6.07 Å². The van der Waals surface area contributed by atoms with Crippen LogP contribution in [0, 0.1) is 0 Å². The number of anilines is 2. The molecule has 1 saturated heterocycles. The second-order valence-corrected chi connectivity index (χ2v) is 7.07. The Balaban J connectivity index is 1.51. The molecular formula is C21H21ClN4O2. The van der Waals surface area contributed by atoms with Crippen molar-refractivity contribution in [1.29, 1.82) is 0 Å². The molecule has 6 nitrogen and oxygen atoms in total. The zero-order chi connectivity index (χ0) is 19.5. The van der Waals surface area contributed by atoms with Gasteiger partial charge < -0.3 is 14.5 Å². The van der Waals surface area contributed by atoms with E-state index in [0.717, 1.165) is 43.2 Å². The summed E-state index contributed by atoms with van der Waals surface area (Å²) in [5.74, 6) is 1.45. The molecule has 0 atom stereocenters. The Kier molecular flexibility index (Phi) is 5.21. The van der Waals surface area contributed by atoms with E-state index in [9.17, 15) is 4.79 Å². The van der Waals surface area contributed by atoms with E-state index in [1.54, 1.807) is 19.2 Å². The second kappa shape index (κ2) is 7.94. The fraction of sp³-hybridized carbons (Fsp3) is 0.238. The van der Waals surface area contributed by atoms with Crippen LogP contribution in [0.25, 0.3) is 11.3 Å². The van der Waals surface area contributed by atoms with Gasteiger partial charge >= 0.3 is 0 Å². The third kappa shape index (κ3) is 3.97. The van der Waals surface area contributed by atoms with Gasteiger partial charge in [0.2, 0.25) is 5.95 Å². The molecule has 0 aliphatic carbocycles. The van der Waals surface area contributed by atoms with Gasteiger partial charge in [-0.1, -0.05) is 29.8 Å². The summed E-state index contributed by atoms with van der Waals surface area (Å²) >= 11 is 5.96. The van der Waals surface area contributed by atoms with Crippen LogP contribution in [-0.4, -0.2) is 43.3 Å². The van der Waals surface area contributed by atoms with Crippen molar-refractivity contribution >= 4 is 23.2 Å². The number of methoxy groups -OCH3 is 1. The first kappa shape index (κ1) is 18.4. The maximum atomic E-state index is 12.2. The molecule has 0 radical (unpaired) electrons. The standard InChI is InChI=1S/C21H21ClN4O2/c1-28-18-4-2-3-17(13-18)25-9-11-26(12-10-25)21-23-19(14-20(27)24-21)15-5-7-16(22)8-6-15/h2-8,13-14H,9-12H2,1H3,(H,23,24,27). The maximum absolute atomic E-state index is 12.2. The van der Waals surface area contributed by atoms with Gasteiger partial charge in [0, 0.05) is 54.6 Å². The zero-order valence-electron chi connectivity index (χ0n) is 15.6. The number of halogens is 1. The van der Waals surface area contributed by atoms with E-state index in [2.05, 4.69) is 25.8 Å². The quantitative estimate of drug-likeness (QED) is 0.732. The van der Waals surface area contributed by atoms with E-state index in [-0.39, 0.29) is 5.56 Å². The fourth-order valence-corrected chi connectivity index (χ4v) is 3.47. The van der Waals surface area contributed by atoms with Gasteiger partial charge in [-0.25, -0.2) is 4.98 Å². The molecule has 1 N–H and O–H groups in total. The number of hydrogen-bond acceptors (Lipinski definition) is 5. The van der Waals surface area contributed by atoms with Crippen LogP contribution in [-0.2, 0) is 0 Å². The van der Waals surface area contributed by atoms with Crippen LogP contribution in [0.4, 0.5) is 11.6 Å². The zero-order valence-corrected chi connectivity index (χ0v) is 16.3. The largest absolute Gasteiger partial charge is 0.497 e. The summed E-state index contributed by atoms with van der Waals surface area (Å²) in [7, 11) is 1.67. The monoisotopic (exact) mass is 396 g/mol. The van der Waals surface area contributed by atoms with Crippen molar-refractivity contribution in [2.45, 2.75) is 0 Å². The first-order valence-corrected chi connectivity index (χ1v) is 9.51. The number of nitrogens with zero attached hydrogens (tertiary/aromatic N) is 3. The van der Waals surface area contributed by atoms with E-state index in [4.69, 9.17) is 16.3 Å². The van der Waals surface area contributed by atoms with Crippen molar-refractivity contribution in [3.05, 3.63) is 70.0 Å². The van der Waals surface area contributed by atoms with Crippen LogP contribution in [0.15, 0.2) is 59.4 Å². The highest BCUT2D eigenvalue weighted by atomic mass is 35.5. The Hall–Kier alpha value is -2.99. The number of ether oxygens (including phenoxy) is 1. The predicted octanol–water partition coefficient (Wildman–Crippen LogP) is 3.43. The minimum absolute atomic E-state index is 0.162. The van der Waals surface area contributed by atoms with Gasteiger partial charge in [-0.2, -0.15) is 0 Å². The highest BCUT2D eigenvalue weighted by molar-refractivity contribution is 6.30. The van der Waals surface area contributed by atoms with Gasteiger partial charge in [0.1, 0.15) is 5.75 Å². The lowest BCUT2D eigenvalue weighted by Gasteiger charge is -2.36. The summed E-state index contributed by atoms with van der Waals surface area (Å²) < 4.78 is 5.32. The summed E-state index contributed by atoms with van der Waals surface area (Å²) in [4.78, 5) is 24.1. The molecule has 3 aromatic rings. The first-order chi connectivity index (χ1) is 13.6. The Morgan fingerprint density at radius 1 is 1.00 bits per heavy atom. The number of hydrogen-bond donors (Lipinski definition) is 1. The molecule has 1 fully saturated rings. The van der Waals surface area contributed by atoms with Crippen molar-refractivity contribution in [3.63, 3.8) is 0 Å². The average molecular weight is 397 g/mol. The lowest BCUT2D eigenvalue weighted by molar-refractivity contribution is 0.414. The van der Waals surface area contributed by atoms with Crippen molar-refractivity contribution in [1.82, 2.24) is 9.97 Å². The van der Waals surface area contributed by atoms with Gasteiger partial charge in [-0.05, 0) is 24.3 Å². The number of nitrogens with one attached hydrogen (secondary N) is 1. The lowest BCUT2D eigenvalue weighted by atomic mass is 10.1. The first-order valence-electron chi connectivity index (χ1n) is 9.13. The SMILES string of the molecule is COc1cccc(N2CCN(c3nc(-c4ccc(Cl)cc4)cc(=O)[nH]3)CC2)c1. The molecular weight excluding hydrogens is 376 g/mol. The van der Waals surface area contributed by atoms with Gasteiger partial charge in [0.25, 0.3) is 5.56 Å². The molecule has 4 rings (SSSR count). The number of H-pyrrole nitrogens is 1. The van der Waals surface area contributed by atoms with Crippen molar-refractivity contribution in [2.24, 2.45) is 0 Å². The van der Waals surface area contributed by atoms with E-state index >= 15 is 0 Å². The minimum Gasteiger partial charge on any atom is -0.497 e. The summed E-state index contributed by atoms with van der Waals surface area (Å²) in [5, 5.41) is 0.655. The van der Waals surface area contributed by atoms with Gasteiger partial charge in [0.15, 0.2) is 0 Å². The van der Waals surface area contributed by atoms with Crippen LogP contribution >= 0.6 is 11.6 Å². The molecule has 144 valence electrons. The fourth-order valence-electron chi connectivity index (χ4n) is 3.35. The molecule has 0 amide bonds. The van der Waals surface area contributed by atoms with Crippen molar-refractivity contribution in [3.8, 4) is 17.0 Å². The van der Waals surface area contributed by atoms with Gasteiger partial charge in [-0.3, -0.25) is 9.78 Å². The molecule has 0 unspecified atom stereocenters. The molecule has 28 heavy (non-hydrogen) atoms. The van der Waals surface area contributed by atoms with E-state index < -0.39 is 0 Å². The predicted molar refractivity (Wildman–Crippen MR) is 113 cm³/mol. The lowest BCUT2D eigenvalue weighted by Crippen LogP contribution is -2.47. The van der Waals surface area contributed by atoms with Crippen LogP contribution < -0.4 is 20.1 Å². The summed E-state index contributed by atoms with van der Waals surface area (Å²) in [6, 6.07) is 16.9. The Bertz CT molecular complexity index is 1010. The number of piperazine rings is 1. The second-order valence-electron chi connectivity index (χ2n) is 6.64. The molecule has 0 saturated carbocycles. The highest BCUT2D eigenvalue weighted by Crippen LogP contribution is 2.24. The van der Waals surface area contributed by atoms with Gasteiger partial charge in [-0.15, -0.1) is 0 Å². The minimum atomic E-state index is -0.162. The maximum Gasteiger partial charge on any atom is 0.252 e.